The molecule has 3 heteroatoms. The molecule has 0 aliphatic carbocycles. The molecule has 78 valence electrons. The average molecular weight is 193 g/mol. The van der Waals surface area contributed by atoms with Crippen LogP contribution in [0.5, 0.6) is 0 Å². The van der Waals surface area contributed by atoms with E-state index in [0.29, 0.717) is 0 Å². The first-order chi connectivity index (χ1) is 6.84. The molecule has 2 heterocycles. The third-order valence-electron chi connectivity index (χ3n) is 2.91. The minimum absolute atomic E-state index is 0.728. The second-order valence-electron chi connectivity index (χ2n) is 4.19. The normalized spacial score (nSPS) is 22.5. The van der Waals surface area contributed by atoms with Crippen molar-refractivity contribution in [3.8, 4) is 0 Å². The molecule has 2 rings (SSSR count). The van der Waals surface area contributed by atoms with Gasteiger partial charge >= 0.3 is 0 Å². The summed E-state index contributed by atoms with van der Waals surface area (Å²) in [5.74, 6) is 0. The number of nitrogens with one attached hydrogen (secondary N) is 1. The Morgan fingerprint density at radius 1 is 1.57 bits per heavy atom. The zero-order valence-corrected chi connectivity index (χ0v) is 8.87. The molecule has 1 fully saturated rings. The molecule has 1 aromatic rings. The van der Waals surface area contributed by atoms with Gasteiger partial charge < -0.3 is 9.88 Å². The van der Waals surface area contributed by atoms with Gasteiger partial charge in [0.1, 0.15) is 0 Å². The summed E-state index contributed by atoms with van der Waals surface area (Å²) < 4.78 is 2.19. The standard InChI is InChI=1S/C11H19N3/c1-10-8-14(9-13-10)7-5-11-4-2-3-6-12-11/h8-9,11-12H,2-7H2,1H3/t11-/m1/s1. The highest BCUT2D eigenvalue weighted by molar-refractivity contribution is 4.92. The van der Waals surface area contributed by atoms with Gasteiger partial charge in [0, 0.05) is 18.8 Å². The van der Waals surface area contributed by atoms with Crippen molar-refractivity contribution >= 4 is 0 Å². The summed E-state index contributed by atoms with van der Waals surface area (Å²) in [7, 11) is 0. The number of hydrogen-bond acceptors (Lipinski definition) is 2. The van der Waals surface area contributed by atoms with E-state index >= 15 is 0 Å². The highest BCUT2D eigenvalue weighted by Crippen LogP contribution is 2.11. The van der Waals surface area contributed by atoms with E-state index in [1.54, 1.807) is 0 Å². The topological polar surface area (TPSA) is 29.9 Å². The summed E-state index contributed by atoms with van der Waals surface area (Å²) in [4.78, 5) is 4.22. The van der Waals surface area contributed by atoms with Gasteiger partial charge in [-0.15, -0.1) is 0 Å². The van der Waals surface area contributed by atoms with Crippen molar-refractivity contribution in [1.29, 1.82) is 0 Å². The highest BCUT2D eigenvalue weighted by Gasteiger charge is 2.11. The maximum Gasteiger partial charge on any atom is 0.0949 e. The van der Waals surface area contributed by atoms with Gasteiger partial charge in [0.15, 0.2) is 0 Å². The van der Waals surface area contributed by atoms with Crippen LogP contribution in [0.15, 0.2) is 12.5 Å². The fourth-order valence-electron chi connectivity index (χ4n) is 2.07. The van der Waals surface area contributed by atoms with Gasteiger partial charge in [0.2, 0.25) is 0 Å². The van der Waals surface area contributed by atoms with Gasteiger partial charge in [-0.2, -0.15) is 0 Å². The third-order valence-corrected chi connectivity index (χ3v) is 2.91. The van der Waals surface area contributed by atoms with Crippen LogP contribution in [0.2, 0.25) is 0 Å². The zero-order valence-electron chi connectivity index (χ0n) is 8.87. The van der Waals surface area contributed by atoms with Crippen LogP contribution >= 0.6 is 0 Å². The summed E-state index contributed by atoms with van der Waals surface area (Å²) in [6.07, 6.45) is 9.35. The SMILES string of the molecule is Cc1cn(CC[C@H]2CCCCN2)cn1. The van der Waals surface area contributed by atoms with E-state index in [9.17, 15) is 0 Å². The van der Waals surface area contributed by atoms with Crippen LogP contribution in [0.3, 0.4) is 0 Å². The lowest BCUT2D eigenvalue weighted by Crippen LogP contribution is -2.34. The Hall–Kier alpha value is -0.830. The molecule has 14 heavy (non-hydrogen) atoms. The molecular formula is C11H19N3. The molecule has 1 aliphatic heterocycles. The Morgan fingerprint density at radius 2 is 2.50 bits per heavy atom. The van der Waals surface area contributed by atoms with E-state index in [1.807, 2.05) is 13.3 Å². The molecule has 0 spiro atoms. The average Bonchev–Trinajstić information content (AvgIpc) is 2.63. The largest absolute Gasteiger partial charge is 0.337 e. The second kappa shape index (κ2) is 4.60. The maximum atomic E-state index is 4.22. The van der Waals surface area contributed by atoms with Gasteiger partial charge in [-0.1, -0.05) is 6.42 Å². The molecule has 3 nitrogen and oxygen atoms in total. The Balaban J connectivity index is 1.76. The number of aryl methyl sites for hydroxylation is 2. The van der Waals surface area contributed by atoms with Crippen molar-refractivity contribution in [2.75, 3.05) is 6.54 Å². The smallest absolute Gasteiger partial charge is 0.0949 e. The van der Waals surface area contributed by atoms with Crippen LogP contribution in [0, 0.1) is 6.92 Å². The van der Waals surface area contributed by atoms with Gasteiger partial charge in [-0.3, -0.25) is 0 Å². The molecular weight excluding hydrogens is 174 g/mol. The van der Waals surface area contributed by atoms with Gasteiger partial charge in [0.05, 0.1) is 12.0 Å². The van der Waals surface area contributed by atoms with Crippen molar-refractivity contribution in [2.45, 2.75) is 45.2 Å². The minimum atomic E-state index is 0.728. The molecule has 1 aromatic heterocycles. The van der Waals surface area contributed by atoms with Gasteiger partial charge in [-0.05, 0) is 32.7 Å². The van der Waals surface area contributed by atoms with E-state index in [2.05, 4.69) is 21.1 Å². The minimum Gasteiger partial charge on any atom is -0.337 e. The lowest BCUT2D eigenvalue weighted by Gasteiger charge is -2.23. The Kier molecular flexibility index (Phi) is 3.19. The number of aromatic nitrogens is 2. The molecule has 0 saturated carbocycles. The molecule has 1 aliphatic rings. The number of nitrogens with zero attached hydrogens (tertiary/aromatic N) is 2. The molecule has 0 aromatic carbocycles. The third kappa shape index (κ3) is 2.58. The highest BCUT2D eigenvalue weighted by atomic mass is 15.0. The fraction of sp³-hybridized carbons (Fsp3) is 0.727. The summed E-state index contributed by atoms with van der Waals surface area (Å²) in [6, 6.07) is 0.728. The molecule has 1 N–H and O–H groups in total. The predicted octanol–water partition coefficient (Wildman–Crippen LogP) is 1.72. The van der Waals surface area contributed by atoms with E-state index in [0.717, 1.165) is 18.3 Å². The van der Waals surface area contributed by atoms with Gasteiger partial charge in [-0.25, -0.2) is 4.98 Å². The molecule has 1 saturated heterocycles. The maximum absolute atomic E-state index is 4.22. The number of piperidine rings is 1. The van der Waals surface area contributed by atoms with E-state index in [1.165, 1.54) is 32.2 Å². The molecule has 0 radical (unpaired) electrons. The summed E-state index contributed by atoms with van der Waals surface area (Å²) >= 11 is 0. The summed E-state index contributed by atoms with van der Waals surface area (Å²) in [6.45, 7) is 4.33. The molecule has 0 amide bonds. The number of imidazole rings is 1. The van der Waals surface area contributed by atoms with Crippen molar-refractivity contribution in [1.82, 2.24) is 14.9 Å². The Morgan fingerprint density at radius 3 is 3.14 bits per heavy atom. The van der Waals surface area contributed by atoms with Crippen molar-refractivity contribution in [2.24, 2.45) is 0 Å². The van der Waals surface area contributed by atoms with Crippen LogP contribution in [0.4, 0.5) is 0 Å². The zero-order chi connectivity index (χ0) is 9.80. The number of hydrogen-bond donors (Lipinski definition) is 1. The van der Waals surface area contributed by atoms with Crippen molar-refractivity contribution in [3.63, 3.8) is 0 Å². The van der Waals surface area contributed by atoms with Crippen LogP contribution < -0.4 is 5.32 Å². The first-order valence-corrected chi connectivity index (χ1v) is 5.56. The monoisotopic (exact) mass is 193 g/mol. The molecule has 0 bridgehead atoms. The predicted molar refractivity (Wildman–Crippen MR) is 57.2 cm³/mol. The Bertz CT molecular complexity index is 274. The first kappa shape index (κ1) is 9.71. The van der Waals surface area contributed by atoms with E-state index in [4.69, 9.17) is 0 Å². The quantitative estimate of drug-likeness (QED) is 0.792. The fourth-order valence-corrected chi connectivity index (χ4v) is 2.07. The van der Waals surface area contributed by atoms with Crippen molar-refractivity contribution < 1.29 is 0 Å². The van der Waals surface area contributed by atoms with Gasteiger partial charge in [0.25, 0.3) is 0 Å². The lowest BCUT2D eigenvalue weighted by molar-refractivity contribution is 0.366. The first-order valence-electron chi connectivity index (χ1n) is 5.56. The summed E-state index contributed by atoms with van der Waals surface area (Å²) in [5, 5.41) is 3.56. The van der Waals surface area contributed by atoms with Crippen LogP contribution in [-0.2, 0) is 6.54 Å². The second-order valence-corrected chi connectivity index (χ2v) is 4.19. The molecule has 1 atom stereocenters. The van der Waals surface area contributed by atoms with Crippen LogP contribution in [0.25, 0.3) is 0 Å². The Labute approximate surface area is 85.5 Å². The van der Waals surface area contributed by atoms with Crippen LogP contribution in [0.1, 0.15) is 31.4 Å². The number of rotatable bonds is 3. The van der Waals surface area contributed by atoms with Crippen LogP contribution in [-0.4, -0.2) is 22.1 Å². The lowest BCUT2D eigenvalue weighted by atomic mass is 10.0. The van der Waals surface area contributed by atoms with E-state index in [-0.39, 0.29) is 0 Å². The molecule has 0 unspecified atom stereocenters. The summed E-state index contributed by atoms with van der Waals surface area (Å²) in [5.41, 5.74) is 1.11. The van der Waals surface area contributed by atoms with E-state index < -0.39 is 0 Å². The van der Waals surface area contributed by atoms with Crippen molar-refractivity contribution in [3.05, 3.63) is 18.2 Å².